The van der Waals surface area contributed by atoms with Crippen LogP contribution < -0.4 is 4.74 Å². The lowest BCUT2D eigenvalue weighted by Gasteiger charge is -2.09. The number of fused-ring (bicyclic) bond motifs is 1. The molecule has 5 rings (SSSR count). The molecule has 0 saturated heterocycles. The van der Waals surface area contributed by atoms with Gasteiger partial charge in [-0.2, -0.15) is 0 Å². The van der Waals surface area contributed by atoms with E-state index in [1.807, 2.05) is 36.7 Å². The Bertz CT molecular complexity index is 1370. The quantitative estimate of drug-likeness (QED) is 0.319. The van der Waals surface area contributed by atoms with E-state index in [4.69, 9.17) is 4.74 Å². The van der Waals surface area contributed by atoms with Gasteiger partial charge in [0.1, 0.15) is 11.4 Å². The van der Waals surface area contributed by atoms with Crippen molar-refractivity contribution in [2.45, 2.75) is 26.2 Å². The van der Waals surface area contributed by atoms with E-state index in [9.17, 15) is 4.79 Å². The van der Waals surface area contributed by atoms with Crippen LogP contribution in [0.3, 0.4) is 0 Å². The summed E-state index contributed by atoms with van der Waals surface area (Å²) in [6.45, 7) is 2.03. The summed E-state index contributed by atoms with van der Waals surface area (Å²) in [6, 6.07) is 14.5. The Morgan fingerprint density at radius 2 is 1.82 bits per heavy atom. The summed E-state index contributed by atoms with van der Waals surface area (Å²) in [5, 5.41) is 0. The summed E-state index contributed by atoms with van der Waals surface area (Å²) in [5.74, 6) is 1.22. The largest absolute Gasteiger partial charge is 0.437 e. The minimum absolute atomic E-state index is 0.170. The first-order valence-corrected chi connectivity index (χ1v) is 11.5. The van der Waals surface area contributed by atoms with Gasteiger partial charge < -0.3 is 9.72 Å². The fourth-order valence-corrected chi connectivity index (χ4v) is 4.40. The van der Waals surface area contributed by atoms with E-state index in [2.05, 4.69) is 24.9 Å². The van der Waals surface area contributed by atoms with E-state index in [1.54, 1.807) is 48.0 Å². The highest BCUT2D eigenvalue weighted by Crippen LogP contribution is 2.24. The monoisotopic (exact) mass is 455 g/mol. The molecule has 7 nitrogen and oxygen atoms in total. The van der Waals surface area contributed by atoms with Crippen molar-refractivity contribution in [3.63, 3.8) is 0 Å². The number of para-hydroxylation sites is 2. The first-order valence-electron chi connectivity index (χ1n) is 10.6. The van der Waals surface area contributed by atoms with E-state index in [0.29, 0.717) is 23.0 Å². The Morgan fingerprint density at radius 1 is 1.00 bits per heavy atom. The second kappa shape index (κ2) is 9.30. The molecule has 0 atom stereocenters. The van der Waals surface area contributed by atoms with E-state index in [-0.39, 0.29) is 5.78 Å². The summed E-state index contributed by atoms with van der Waals surface area (Å²) in [7, 11) is 0. The third-order valence-electron chi connectivity index (χ3n) is 5.33. The number of rotatable bonds is 8. The maximum atomic E-state index is 12.8. The molecular formula is C25H21N5O2S. The Kier molecular flexibility index (Phi) is 5.91. The molecule has 0 spiro atoms. The number of imidazole rings is 1. The minimum atomic E-state index is -0.170. The first kappa shape index (κ1) is 21.0. The van der Waals surface area contributed by atoms with Crippen LogP contribution in [0, 0.1) is 6.92 Å². The summed E-state index contributed by atoms with van der Waals surface area (Å²) in [6.07, 6.45) is 5.93. The van der Waals surface area contributed by atoms with Gasteiger partial charge in [-0.3, -0.25) is 9.78 Å². The van der Waals surface area contributed by atoms with Crippen LogP contribution in [0.5, 0.6) is 11.6 Å². The first-order chi connectivity index (χ1) is 16.2. The lowest BCUT2D eigenvalue weighted by molar-refractivity contribution is 0.103. The molecule has 1 N–H and O–H groups in total. The molecule has 0 saturated carbocycles. The van der Waals surface area contributed by atoms with Gasteiger partial charge in [-0.1, -0.05) is 12.1 Å². The van der Waals surface area contributed by atoms with Gasteiger partial charge in [0, 0.05) is 22.8 Å². The highest BCUT2D eigenvalue weighted by molar-refractivity contribution is 7.09. The molecule has 0 aliphatic heterocycles. The Hall–Kier alpha value is -3.91. The zero-order chi connectivity index (χ0) is 22.6. The Balaban J connectivity index is 1.26. The summed E-state index contributed by atoms with van der Waals surface area (Å²) in [4.78, 5) is 34.7. The van der Waals surface area contributed by atoms with Crippen molar-refractivity contribution in [1.82, 2.24) is 24.9 Å². The highest BCUT2D eigenvalue weighted by atomic mass is 32.1. The van der Waals surface area contributed by atoms with E-state index in [0.717, 1.165) is 41.7 Å². The number of nitrogens with one attached hydrogen (secondary N) is 1. The molecule has 164 valence electrons. The fourth-order valence-electron chi connectivity index (χ4n) is 3.58. The number of nitrogens with zero attached hydrogens (tertiary/aromatic N) is 4. The standard InChI is InChI=1S/C25H21N5O2S/c1-16-22(33-15-28-16)8-4-7-21-25(27-14-13-26-21)32-18-11-9-17(10-12-18)23(31)24-29-19-5-2-3-6-20(19)30-24/h2-3,5-6,9-15H,4,7-8H2,1H3,(H,29,30). The number of aryl methyl sites for hydroxylation is 3. The summed E-state index contributed by atoms with van der Waals surface area (Å²) < 4.78 is 5.99. The number of thiazole rings is 1. The molecule has 0 unspecified atom stereocenters. The molecule has 0 aliphatic carbocycles. The number of aromatic nitrogens is 5. The molecule has 0 fully saturated rings. The molecule has 0 aliphatic rings. The predicted octanol–water partition coefficient (Wildman–Crippen LogP) is 5.32. The van der Waals surface area contributed by atoms with Crippen molar-refractivity contribution in [3.8, 4) is 11.6 Å². The van der Waals surface area contributed by atoms with Gasteiger partial charge in [0.15, 0.2) is 5.82 Å². The topological polar surface area (TPSA) is 93.7 Å². The normalized spacial score (nSPS) is 11.1. The molecular weight excluding hydrogens is 434 g/mol. The van der Waals surface area contributed by atoms with E-state index >= 15 is 0 Å². The number of carbonyl (C=O) groups is 1. The van der Waals surface area contributed by atoms with Gasteiger partial charge in [-0.05, 0) is 62.6 Å². The van der Waals surface area contributed by atoms with Gasteiger partial charge in [0.25, 0.3) is 0 Å². The van der Waals surface area contributed by atoms with Crippen LogP contribution >= 0.6 is 11.3 Å². The molecule has 8 heteroatoms. The summed E-state index contributed by atoms with van der Waals surface area (Å²) >= 11 is 1.68. The smallest absolute Gasteiger partial charge is 0.241 e. The average Bonchev–Trinajstić information content (AvgIpc) is 3.46. The molecule has 0 bridgehead atoms. The minimum Gasteiger partial charge on any atom is -0.437 e. The van der Waals surface area contributed by atoms with Crippen LogP contribution in [-0.2, 0) is 12.8 Å². The number of H-pyrrole nitrogens is 1. The van der Waals surface area contributed by atoms with Crippen molar-refractivity contribution in [3.05, 3.63) is 94.1 Å². The van der Waals surface area contributed by atoms with Crippen molar-refractivity contribution < 1.29 is 9.53 Å². The van der Waals surface area contributed by atoms with Gasteiger partial charge in [0.05, 0.1) is 22.2 Å². The van der Waals surface area contributed by atoms with E-state index in [1.165, 1.54) is 4.88 Å². The molecule has 0 amide bonds. The number of ether oxygens (including phenoxy) is 1. The zero-order valence-electron chi connectivity index (χ0n) is 18.0. The lowest BCUT2D eigenvalue weighted by atomic mass is 10.1. The number of hydrogen-bond donors (Lipinski definition) is 1. The van der Waals surface area contributed by atoms with Gasteiger partial charge >= 0.3 is 0 Å². The number of carbonyl (C=O) groups excluding carboxylic acids is 1. The van der Waals surface area contributed by atoms with Crippen LogP contribution in [0.15, 0.2) is 66.4 Å². The highest BCUT2D eigenvalue weighted by Gasteiger charge is 2.15. The third kappa shape index (κ3) is 4.65. The van der Waals surface area contributed by atoms with Crippen molar-refractivity contribution >= 4 is 28.2 Å². The molecule has 5 aromatic rings. The number of ketones is 1. The molecule has 3 aromatic heterocycles. The third-order valence-corrected chi connectivity index (χ3v) is 6.33. The van der Waals surface area contributed by atoms with Crippen LogP contribution in [0.25, 0.3) is 11.0 Å². The van der Waals surface area contributed by atoms with Crippen molar-refractivity contribution in [2.24, 2.45) is 0 Å². The molecule has 3 heterocycles. The second-order valence-electron chi connectivity index (χ2n) is 7.58. The molecule has 0 radical (unpaired) electrons. The Morgan fingerprint density at radius 3 is 2.61 bits per heavy atom. The average molecular weight is 456 g/mol. The maximum Gasteiger partial charge on any atom is 0.241 e. The van der Waals surface area contributed by atoms with Crippen LogP contribution in [0.4, 0.5) is 0 Å². The van der Waals surface area contributed by atoms with Crippen LogP contribution in [0.2, 0.25) is 0 Å². The van der Waals surface area contributed by atoms with Gasteiger partial charge in [0.2, 0.25) is 11.7 Å². The fraction of sp³-hybridized carbons (Fsp3) is 0.160. The maximum absolute atomic E-state index is 12.8. The lowest BCUT2D eigenvalue weighted by Crippen LogP contribution is -2.03. The van der Waals surface area contributed by atoms with E-state index < -0.39 is 0 Å². The van der Waals surface area contributed by atoms with Crippen LogP contribution in [-0.4, -0.2) is 30.7 Å². The Labute approximate surface area is 194 Å². The second-order valence-corrected chi connectivity index (χ2v) is 8.52. The van der Waals surface area contributed by atoms with Crippen molar-refractivity contribution in [2.75, 3.05) is 0 Å². The summed E-state index contributed by atoms with van der Waals surface area (Å²) in [5.41, 5.74) is 5.91. The number of aromatic amines is 1. The van der Waals surface area contributed by atoms with Gasteiger partial charge in [-0.25, -0.2) is 15.0 Å². The molecule has 2 aromatic carbocycles. The number of hydrogen-bond acceptors (Lipinski definition) is 7. The van der Waals surface area contributed by atoms with Crippen LogP contribution in [0.1, 0.15) is 38.9 Å². The zero-order valence-corrected chi connectivity index (χ0v) is 18.8. The SMILES string of the molecule is Cc1ncsc1CCCc1nccnc1Oc1ccc(C(=O)c2nc3ccccc3[nH]2)cc1. The molecule has 33 heavy (non-hydrogen) atoms. The number of benzene rings is 2. The van der Waals surface area contributed by atoms with Crippen molar-refractivity contribution in [1.29, 1.82) is 0 Å². The van der Waals surface area contributed by atoms with Gasteiger partial charge in [-0.15, -0.1) is 11.3 Å². The predicted molar refractivity (Wildman–Crippen MR) is 127 cm³/mol.